The van der Waals surface area contributed by atoms with Crippen LogP contribution in [0.25, 0.3) is 0 Å². The van der Waals surface area contributed by atoms with Gasteiger partial charge in [-0.2, -0.15) is 0 Å². The van der Waals surface area contributed by atoms with Crippen LogP contribution in [-0.2, 0) is 15.6 Å². The van der Waals surface area contributed by atoms with E-state index in [2.05, 4.69) is 4.90 Å². The minimum absolute atomic E-state index is 0.0469. The minimum atomic E-state index is -3.86. The molecule has 2 aliphatic carbocycles. The number of nitrogens with zero attached hydrogens (tertiary/aromatic N) is 1. The van der Waals surface area contributed by atoms with Gasteiger partial charge in [-0.1, -0.05) is 11.6 Å². The molecule has 1 saturated heterocycles. The van der Waals surface area contributed by atoms with Crippen LogP contribution in [0, 0.1) is 11.6 Å². The second-order valence-electron chi connectivity index (χ2n) is 10.5. The molecule has 0 bridgehead atoms. The number of hydrogen-bond acceptors (Lipinski definition) is 5. The van der Waals surface area contributed by atoms with Gasteiger partial charge in [-0.05, 0) is 79.8 Å². The Morgan fingerprint density at radius 3 is 2.35 bits per heavy atom. The van der Waals surface area contributed by atoms with Crippen molar-refractivity contribution in [1.29, 1.82) is 0 Å². The summed E-state index contributed by atoms with van der Waals surface area (Å²) in [5.74, 6) is -2.17. The maximum atomic E-state index is 15.8. The van der Waals surface area contributed by atoms with Crippen molar-refractivity contribution in [1.82, 2.24) is 9.62 Å². The van der Waals surface area contributed by atoms with Crippen LogP contribution in [0.15, 0.2) is 30.3 Å². The Bertz CT molecular complexity index is 1320. The molecule has 0 atom stereocenters. The summed E-state index contributed by atoms with van der Waals surface area (Å²) in [4.78, 5) is 14.4. The first-order valence-corrected chi connectivity index (χ1v) is 14.5. The summed E-state index contributed by atoms with van der Waals surface area (Å²) in [6.07, 6.45) is 4.56. The molecule has 1 heterocycles. The third-order valence-corrected chi connectivity index (χ3v) is 8.29. The highest BCUT2D eigenvalue weighted by atomic mass is 35.5. The number of hydrogen-bond donors (Lipinski definition) is 1. The Morgan fingerprint density at radius 1 is 1.11 bits per heavy atom. The molecular formula is C26H28ClF3N2O4S. The number of piperidine rings is 1. The summed E-state index contributed by atoms with van der Waals surface area (Å²) >= 11 is 6.06. The van der Waals surface area contributed by atoms with Crippen molar-refractivity contribution in [3.8, 4) is 5.75 Å². The second kappa shape index (κ2) is 9.47. The quantitative estimate of drug-likeness (QED) is 0.492. The number of rotatable bonds is 8. The molecule has 5 rings (SSSR count). The van der Waals surface area contributed by atoms with Gasteiger partial charge in [0.15, 0.2) is 0 Å². The van der Waals surface area contributed by atoms with Gasteiger partial charge in [0.2, 0.25) is 10.0 Å². The van der Waals surface area contributed by atoms with Gasteiger partial charge in [0.25, 0.3) is 5.91 Å². The van der Waals surface area contributed by atoms with E-state index in [0.29, 0.717) is 23.7 Å². The number of benzene rings is 2. The van der Waals surface area contributed by atoms with Crippen molar-refractivity contribution in [2.75, 3.05) is 26.0 Å². The highest BCUT2D eigenvalue weighted by Crippen LogP contribution is 2.53. The Balaban J connectivity index is 1.26. The zero-order valence-electron chi connectivity index (χ0n) is 20.3. The SMILES string of the molecule is CS(=O)(=O)NC(=O)c1cc(C2CC2)c(OCC2(F)CCN(C3(c4cc(F)cc(Cl)c4)CC3)CC2)cc1F. The smallest absolute Gasteiger partial charge is 0.267 e. The predicted octanol–water partition coefficient (Wildman–Crippen LogP) is 5.06. The maximum absolute atomic E-state index is 15.8. The fraction of sp³-hybridized carbons (Fsp3) is 0.500. The lowest BCUT2D eigenvalue weighted by molar-refractivity contribution is -0.00143. The molecule has 1 amide bonds. The molecule has 0 radical (unpaired) electrons. The third kappa shape index (κ3) is 5.76. The van der Waals surface area contributed by atoms with Crippen molar-refractivity contribution in [3.05, 3.63) is 63.7 Å². The molecule has 6 nitrogen and oxygen atoms in total. The lowest BCUT2D eigenvalue weighted by atomic mass is 9.91. The second-order valence-corrected chi connectivity index (χ2v) is 12.6. The van der Waals surface area contributed by atoms with E-state index in [4.69, 9.17) is 16.3 Å². The Morgan fingerprint density at radius 2 is 1.78 bits per heavy atom. The normalized spacial score (nSPS) is 20.9. The molecule has 2 aromatic rings. The van der Waals surface area contributed by atoms with Crippen LogP contribution in [0.4, 0.5) is 13.2 Å². The standard InChI is InChI=1S/C26H28ClF3N2O4S/c1-37(34,35)31-24(33)21-13-20(16-2-3-16)23(14-22(21)29)36-15-25(30)6-8-32(9-7-25)26(4-5-26)17-10-18(27)12-19(28)11-17/h10-14,16H,2-9,15H2,1H3,(H,31,33). The number of sulfonamides is 1. The lowest BCUT2D eigenvalue weighted by Gasteiger charge is -2.41. The number of carbonyl (C=O) groups excluding carboxylic acids is 1. The molecule has 0 spiro atoms. The lowest BCUT2D eigenvalue weighted by Crippen LogP contribution is -2.48. The molecular weight excluding hydrogens is 529 g/mol. The van der Waals surface area contributed by atoms with Crippen molar-refractivity contribution in [2.24, 2.45) is 0 Å². The number of likely N-dealkylation sites (tertiary alicyclic amines) is 1. The number of carbonyl (C=O) groups is 1. The molecule has 200 valence electrons. The Labute approximate surface area is 219 Å². The van der Waals surface area contributed by atoms with E-state index < -0.39 is 38.8 Å². The van der Waals surface area contributed by atoms with Crippen LogP contribution < -0.4 is 9.46 Å². The number of ether oxygens (including phenoxy) is 1. The monoisotopic (exact) mass is 556 g/mol. The van der Waals surface area contributed by atoms with Gasteiger partial charge in [-0.25, -0.2) is 26.3 Å². The first-order chi connectivity index (χ1) is 17.4. The maximum Gasteiger partial charge on any atom is 0.267 e. The van der Waals surface area contributed by atoms with Gasteiger partial charge in [-0.3, -0.25) is 9.69 Å². The molecule has 0 aromatic heterocycles. The summed E-state index contributed by atoms with van der Waals surface area (Å²) < 4.78 is 74.8. The van der Waals surface area contributed by atoms with E-state index in [0.717, 1.165) is 43.6 Å². The predicted molar refractivity (Wildman–Crippen MR) is 133 cm³/mol. The van der Waals surface area contributed by atoms with Gasteiger partial charge in [0.05, 0.1) is 11.8 Å². The number of alkyl halides is 1. The van der Waals surface area contributed by atoms with Crippen LogP contribution in [0.3, 0.4) is 0 Å². The largest absolute Gasteiger partial charge is 0.490 e. The van der Waals surface area contributed by atoms with Crippen molar-refractivity contribution in [2.45, 2.75) is 55.7 Å². The van der Waals surface area contributed by atoms with E-state index in [-0.39, 0.29) is 36.7 Å². The van der Waals surface area contributed by atoms with Crippen LogP contribution in [0.2, 0.25) is 5.02 Å². The molecule has 11 heteroatoms. The van der Waals surface area contributed by atoms with Crippen molar-refractivity contribution in [3.63, 3.8) is 0 Å². The van der Waals surface area contributed by atoms with Crippen LogP contribution in [0.5, 0.6) is 5.75 Å². The minimum Gasteiger partial charge on any atom is -0.490 e. The van der Waals surface area contributed by atoms with Crippen LogP contribution in [-0.4, -0.2) is 50.8 Å². The van der Waals surface area contributed by atoms with Crippen molar-refractivity contribution >= 4 is 27.5 Å². The summed E-state index contributed by atoms with van der Waals surface area (Å²) in [6, 6.07) is 6.87. The highest BCUT2D eigenvalue weighted by molar-refractivity contribution is 7.89. The Hall–Kier alpha value is -2.30. The zero-order chi connectivity index (χ0) is 26.6. The summed E-state index contributed by atoms with van der Waals surface area (Å²) in [7, 11) is -3.86. The highest BCUT2D eigenvalue weighted by Gasteiger charge is 2.52. The zero-order valence-corrected chi connectivity index (χ0v) is 21.9. The molecule has 1 aliphatic heterocycles. The van der Waals surface area contributed by atoms with Crippen LogP contribution in [0.1, 0.15) is 65.9 Å². The van der Waals surface area contributed by atoms with E-state index in [9.17, 15) is 22.0 Å². The van der Waals surface area contributed by atoms with Gasteiger partial charge in [0.1, 0.15) is 29.7 Å². The number of halogens is 4. The van der Waals surface area contributed by atoms with Gasteiger partial charge in [-0.15, -0.1) is 0 Å². The molecule has 1 N–H and O–H groups in total. The van der Waals surface area contributed by atoms with E-state index in [1.165, 1.54) is 18.2 Å². The average Bonchev–Trinajstić information content (AvgIpc) is 3.71. The molecule has 3 aliphatic rings. The van der Waals surface area contributed by atoms with Gasteiger partial charge in [0, 0.05) is 29.7 Å². The number of nitrogens with one attached hydrogen (secondary N) is 1. The molecule has 37 heavy (non-hydrogen) atoms. The van der Waals surface area contributed by atoms with E-state index in [1.54, 1.807) is 10.8 Å². The van der Waals surface area contributed by atoms with E-state index in [1.807, 2.05) is 0 Å². The fourth-order valence-corrected chi connectivity index (χ4v) is 5.89. The average molecular weight is 557 g/mol. The summed E-state index contributed by atoms with van der Waals surface area (Å²) in [5.41, 5.74) is -0.963. The Kier molecular flexibility index (Phi) is 6.73. The van der Waals surface area contributed by atoms with Crippen molar-refractivity contribution < 1.29 is 31.1 Å². The summed E-state index contributed by atoms with van der Waals surface area (Å²) in [6.45, 7) is 0.651. The fourth-order valence-electron chi connectivity index (χ4n) is 5.22. The van der Waals surface area contributed by atoms with Crippen LogP contribution >= 0.6 is 11.6 Å². The number of amides is 1. The summed E-state index contributed by atoms with van der Waals surface area (Å²) in [5, 5.41) is 0.338. The molecule has 2 aromatic carbocycles. The first kappa shape index (κ1) is 26.3. The van der Waals surface area contributed by atoms with E-state index >= 15 is 4.39 Å². The van der Waals surface area contributed by atoms with Gasteiger partial charge < -0.3 is 4.74 Å². The molecule has 3 fully saturated rings. The third-order valence-electron chi connectivity index (χ3n) is 7.51. The molecule has 0 unspecified atom stereocenters. The van der Waals surface area contributed by atoms with Gasteiger partial charge >= 0.3 is 0 Å². The first-order valence-electron chi connectivity index (χ1n) is 12.3. The molecule has 2 saturated carbocycles. The topological polar surface area (TPSA) is 75.7 Å².